The number of rotatable bonds is 5. The Bertz CT molecular complexity index is 518. The van der Waals surface area contributed by atoms with E-state index in [9.17, 15) is 9.90 Å². The maximum atomic E-state index is 12.0. The number of nitrogens with zero attached hydrogens (tertiary/aromatic N) is 1. The fraction of sp³-hybridized carbons (Fsp3) is 0.533. The van der Waals surface area contributed by atoms with Crippen molar-refractivity contribution >= 4 is 6.03 Å². The van der Waals surface area contributed by atoms with Gasteiger partial charge in [0.25, 0.3) is 0 Å². The van der Waals surface area contributed by atoms with Gasteiger partial charge >= 0.3 is 6.03 Å². The van der Waals surface area contributed by atoms with Crippen LogP contribution in [0.5, 0.6) is 17.2 Å². The van der Waals surface area contributed by atoms with E-state index >= 15 is 0 Å². The second kappa shape index (κ2) is 6.74. The number of aliphatic hydroxyl groups is 1. The molecule has 22 heavy (non-hydrogen) atoms. The van der Waals surface area contributed by atoms with E-state index in [0.717, 1.165) is 5.56 Å². The first-order valence-electron chi connectivity index (χ1n) is 7.03. The molecule has 2 amide bonds. The predicted molar refractivity (Wildman–Crippen MR) is 80.6 cm³/mol. The first kappa shape index (κ1) is 16.2. The summed E-state index contributed by atoms with van der Waals surface area (Å²) in [5.74, 6) is 1.59. The zero-order valence-electron chi connectivity index (χ0n) is 13.3. The second-order valence-corrected chi connectivity index (χ2v) is 5.19. The number of benzene rings is 1. The van der Waals surface area contributed by atoms with E-state index in [-0.39, 0.29) is 12.1 Å². The average Bonchev–Trinajstić information content (AvgIpc) is 2.49. The summed E-state index contributed by atoms with van der Waals surface area (Å²) in [5, 5.41) is 12.1. The van der Waals surface area contributed by atoms with Crippen LogP contribution >= 0.6 is 0 Å². The van der Waals surface area contributed by atoms with Gasteiger partial charge in [-0.3, -0.25) is 0 Å². The minimum Gasteiger partial charge on any atom is -0.493 e. The molecule has 0 bridgehead atoms. The van der Waals surface area contributed by atoms with Gasteiger partial charge in [-0.15, -0.1) is 0 Å². The minimum atomic E-state index is -0.415. The number of nitrogens with one attached hydrogen (secondary N) is 1. The van der Waals surface area contributed by atoms with Crippen molar-refractivity contribution in [3.05, 3.63) is 17.7 Å². The van der Waals surface area contributed by atoms with Crippen LogP contribution in [-0.4, -0.2) is 56.6 Å². The molecule has 1 saturated heterocycles. The smallest absolute Gasteiger partial charge is 0.318 e. The van der Waals surface area contributed by atoms with Crippen LogP contribution in [0.25, 0.3) is 0 Å². The lowest BCUT2D eigenvalue weighted by molar-refractivity contribution is 0.0259. The van der Waals surface area contributed by atoms with Crippen LogP contribution in [-0.2, 0) is 0 Å². The summed E-state index contributed by atoms with van der Waals surface area (Å²) in [7, 11) is 4.64. The second-order valence-electron chi connectivity index (χ2n) is 5.19. The number of aliphatic hydroxyl groups excluding tert-OH is 1. The maximum Gasteiger partial charge on any atom is 0.318 e. The van der Waals surface area contributed by atoms with Gasteiger partial charge in [-0.25, -0.2) is 4.79 Å². The lowest BCUT2D eigenvalue weighted by Crippen LogP contribution is -2.56. The number of amides is 2. The van der Waals surface area contributed by atoms with Crippen LogP contribution in [0, 0.1) is 0 Å². The molecule has 122 valence electrons. The molecule has 0 unspecified atom stereocenters. The number of urea groups is 1. The molecule has 7 nitrogen and oxygen atoms in total. The van der Waals surface area contributed by atoms with E-state index in [1.165, 1.54) is 0 Å². The third-order valence-corrected chi connectivity index (χ3v) is 3.68. The van der Waals surface area contributed by atoms with E-state index in [4.69, 9.17) is 14.2 Å². The molecule has 1 fully saturated rings. The molecule has 1 aliphatic heterocycles. The first-order valence-corrected chi connectivity index (χ1v) is 7.03. The lowest BCUT2D eigenvalue weighted by Gasteiger charge is -2.36. The Balaban J connectivity index is 2.15. The van der Waals surface area contributed by atoms with Crippen molar-refractivity contribution in [1.29, 1.82) is 0 Å². The molecule has 1 aliphatic rings. The van der Waals surface area contributed by atoms with Crippen LogP contribution in [0.15, 0.2) is 12.1 Å². The standard InChI is InChI=1S/C15H22N2O5/c1-9(16-15(19)17-7-11(18)8-17)10-5-12(20-2)14(22-4)13(6-10)21-3/h5-6,9,11,18H,7-8H2,1-4H3,(H,16,19)/t9-/m1/s1. The number of methoxy groups -OCH3 is 3. The Morgan fingerprint density at radius 3 is 2.18 bits per heavy atom. The van der Waals surface area contributed by atoms with Crippen LogP contribution in [0.4, 0.5) is 4.79 Å². The first-order chi connectivity index (χ1) is 10.5. The number of carbonyl (C=O) groups excluding carboxylic acids is 1. The van der Waals surface area contributed by atoms with E-state index in [1.807, 2.05) is 6.92 Å². The summed E-state index contributed by atoms with van der Waals surface area (Å²) in [6.07, 6.45) is -0.415. The summed E-state index contributed by atoms with van der Waals surface area (Å²) in [5.41, 5.74) is 0.837. The Morgan fingerprint density at radius 2 is 1.77 bits per heavy atom. The van der Waals surface area contributed by atoms with Gasteiger partial charge in [0.2, 0.25) is 5.75 Å². The van der Waals surface area contributed by atoms with Crippen LogP contribution in [0.3, 0.4) is 0 Å². The predicted octanol–water partition coefficient (Wildman–Crippen LogP) is 1.16. The maximum absolute atomic E-state index is 12.0. The van der Waals surface area contributed by atoms with Crippen molar-refractivity contribution < 1.29 is 24.1 Å². The molecule has 0 saturated carbocycles. The molecule has 1 atom stereocenters. The van der Waals surface area contributed by atoms with Crippen molar-refractivity contribution in [3.63, 3.8) is 0 Å². The van der Waals surface area contributed by atoms with E-state index in [2.05, 4.69) is 5.32 Å². The molecule has 2 rings (SSSR count). The molecule has 0 radical (unpaired) electrons. The number of likely N-dealkylation sites (tertiary alicyclic amines) is 1. The highest BCUT2D eigenvalue weighted by Crippen LogP contribution is 2.39. The number of hydrogen-bond acceptors (Lipinski definition) is 5. The number of hydrogen-bond donors (Lipinski definition) is 2. The van der Waals surface area contributed by atoms with Crippen molar-refractivity contribution in [2.24, 2.45) is 0 Å². The van der Waals surface area contributed by atoms with Crippen molar-refractivity contribution in [3.8, 4) is 17.2 Å². The fourth-order valence-electron chi connectivity index (χ4n) is 2.33. The molecule has 1 heterocycles. The Morgan fingerprint density at radius 1 is 1.23 bits per heavy atom. The molecule has 1 aromatic carbocycles. The summed E-state index contributed by atoms with van der Waals surface area (Å²) in [4.78, 5) is 13.6. The van der Waals surface area contributed by atoms with Gasteiger partial charge in [-0.05, 0) is 24.6 Å². The van der Waals surface area contributed by atoms with Crippen molar-refractivity contribution in [1.82, 2.24) is 10.2 Å². The summed E-state index contributed by atoms with van der Waals surface area (Å²) in [6, 6.07) is 3.17. The highest BCUT2D eigenvalue weighted by Gasteiger charge is 2.29. The molecule has 2 N–H and O–H groups in total. The van der Waals surface area contributed by atoms with Gasteiger partial charge in [0, 0.05) is 0 Å². The third-order valence-electron chi connectivity index (χ3n) is 3.68. The van der Waals surface area contributed by atoms with Crippen molar-refractivity contribution in [2.75, 3.05) is 34.4 Å². The number of ether oxygens (including phenoxy) is 3. The van der Waals surface area contributed by atoms with Crippen LogP contribution in [0.2, 0.25) is 0 Å². The number of β-amino-alcohol motifs (C(OH)–C–C–N with tert-alkyl or cyclic N) is 1. The van der Waals surface area contributed by atoms with E-state index in [1.54, 1.807) is 38.4 Å². The minimum absolute atomic E-state index is 0.202. The van der Waals surface area contributed by atoms with Gasteiger partial charge in [0.1, 0.15) is 0 Å². The monoisotopic (exact) mass is 310 g/mol. The Hall–Kier alpha value is -2.15. The molecule has 0 aromatic heterocycles. The quantitative estimate of drug-likeness (QED) is 0.853. The summed E-state index contributed by atoms with van der Waals surface area (Å²) in [6.45, 7) is 2.61. The third kappa shape index (κ3) is 3.19. The fourth-order valence-corrected chi connectivity index (χ4v) is 2.33. The van der Waals surface area contributed by atoms with E-state index in [0.29, 0.717) is 30.3 Å². The molecule has 0 spiro atoms. The van der Waals surface area contributed by atoms with E-state index < -0.39 is 6.10 Å². The highest BCUT2D eigenvalue weighted by molar-refractivity contribution is 5.75. The molecular formula is C15H22N2O5. The average molecular weight is 310 g/mol. The van der Waals surface area contributed by atoms with Gasteiger partial charge in [-0.2, -0.15) is 0 Å². The normalized spacial score (nSPS) is 15.8. The molecule has 0 aliphatic carbocycles. The highest BCUT2D eigenvalue weighted by atomic mass is 16.5. The van der Waals surface area contributed by atoms with Crippen LogP contribution in [0.1, 0.15) is 18.5 Å². The Labute approximate surface area is 129 Å². The Kier molecular flexibility index (Phi) is 4.97. The van der Waals surface area contributed by atoms with Gasteiger partial charge in [0.05, 0.1) is 46.6 Å². The largest absolute Gasteiger partial charge is 0.493 e. The van der Waals surface area contributed by atoms with Gasteiger partial charge in [-0.1, -0.05) is 0 Å². The number of carbonyl (C=O) groups is 1. The zero-order chi connectivity index (χ0) is 16.3. The summed E-state index contributed by atoms with van der Waals surface area (Å²) < 4.78 is 15.9. The zero-order valence-corrected chi connectivity index (χ0v) is 13.3. The molecule has 7 heteroatoms. The van der Waals surface area contributed by atoms with Gasteiger partial charge < -0.3 is 29.5 Å². The van der Waals surface area contributed by atoms with Crippen molar-refractivity contribution in [2.45, 2.75) is 19.1 Å². The SMILES string of the molecule is COc1cc([C@@H](C)NC(=O)N2CC(O)C2)cc(OC)c1OC. The molecular weight excluding hydrogens is 288 g/mol. The molecule has 1 aromatic rings. The van der Waals surface area contributed by atoms with Crippen LogP contribution < -0.4 is 19.5 Å². The lowest BCUT2D eigenvalue weighted by atomic mass is 10.1. The van der Waals surface area contributed by atoms with Gasteiger partial charge in [0.15, 0.2) is 11.5 Å². The summed E-state index contributed by atoms with van der Waals surface area (Å²) >= 11 is 0. The topological polar surface area (TPSA) is 80.3 Å².